The van der Waals surface area contributed by atoms with Crippen molar-refractivity contribution in [3.05, 3.63) is 34.1 Å². The van der Waals surface area contributed by atoms with E-state index in [1.807, 2.05) is 17.7 Å². The van der Waals surface area contributed by atoms with Crippen LogP contribution >= 0.6 is 23.2 Å². The van der Waals surface area contributed by atoms with Gasteiger partial charge in [0.1, 0.15) is 17.3 Å². The minimum Gasteiger partial charge on any atom is -0.383 e. The van der Waals surface area contributed by atoms with Crippen molar-refractivity contribution in [2.75, 3.05) is 5.73 Å². The smallest absolute Gasteiger partial charge is 0.131 e. The number of imidazole rings is 1. The summed E-state index contributed by atoms with van der Waals surface area (Å²) in [6, 6.07) is 5.42. The summed E-state index contributed by atoms with van der Waals surface area (Å²) >= 11 is 11.9. The number of hydrogen-bond acceptors (Lipinski definition) is 2. The molecule has 0 bridgehead atoms. The Hall–Kier alpha value is -1.19. The number of aromatic nitrogens is 2. The van der Waals surface area contributed by atoms with E-state index in [0.717, 1.165) is 29.9 Å². The second kappa shape index (κ2) is 5.21. The maximum atomic E-state index is 6.08. The molecule has 0 aliphatic rings. The van der Waals surface area contributed by atoms with Crippen molar-refractivity contribution in [2.24, 2.45) is 7.05 Å². The van der Waals surface area contributed by atoms with Crippen molar-refractivity contribution >= 4 is 29.0 Å². The quantitative estimate of drug-likeness (QED) is 0.928. The first-order chi connectivity index (χ1) is 8.54. The zero-order valence-electron chi connectivity index (χ0n) is 10.4. The van der Waals surface area contributed by atoms with Crippen molar-refractivity contribution in [1.82, 2.24) is 9.55 Å². The first-order valence-electron chi connectivity index (χ1n) is 5.81. The van der Waals surface area contributed by atoms with E-state index in [4.69, 9.17) is 28.9 Å². The first-order valence-corrected chi connectivity index (χ1v) is 6.56. The van der Waals surface area contributed by atoms with E-state index in [1.165, 1.54) is 0 Å². The van der Waals surface area contributed by atoms with Crippen molar-refractivity contribution < 1.29 is 0 Å². The maximum absolute atomic E-state index is 6.08. The van der Waals surface area contributed by atoms with Crippen molar-refractivity contribution in [1.29, 1.82) is 0 Å². The normalized spacial score (nSPS) is 10.9. The molecule has 1 heterocycles. The average Bonchev–Trinajstić information content (AvgIpc) is 2.62. The van der Waals surface area contributed by atoms with Gasteiger partial charge in [-0.3, -0.25) is 0 Å². The number of aryl methyl sites for hydroxylation is 1. The summed E-state index contributed by atoms with van der Waals surface area (Å²) in [4.78, 5) is 4.58. The Labute approximate surface area is 117 Å². The molecule has 0 spiro atoms. The van der Waals surface area contributed by atoms with Crippen LogP contribution in [0.15, 0.2) is 18.2 Å². The van der Waals surface area contributed by atoms with Gasteiger partial charge < -0.3 is 10.3 Å². The second-order valence-electron chi connectivity index (χ2n) is 4.20. The molecule has 1 aromatic carbocycles. The second-order valence-corrected chi connectivity index (χ2v) is 5.01. The summed E-state index contributed by atoms with van der Waals surface area (Å²) in [6.45, 7) is 2.11. The van der Waals surface area contributed by atoms with E-state index >= 15 is 0 Å². The molecule has 2 rings (SSSR count). The lowest BCUT2D eigenvalue weighted by Gasteiger charge is -2.02. The van der Waals surface area contributed by atoms with Crippen molar-refractivity contribution in [3.8, 4) is 11.3 Å². The Morgan fingerprint density at radius 2 is 2.00 bits per heavy atom. The van der Waals surface area contributed by atoms with Gasteiger partial charge in [-0.25, -0.2) is 4.98 Å². The van der Waals surface area contributed by atoms with Crippen LogP contribution in [-0.2, 0) is 13.5 Å². The maximum Gasteiger partial charge on any atom is 0.131 e. The zero-order valence-corrected chi connectivity index (χ0v) is 11.9. The van der Waals surface area contributed by atoms with E-state index in [-0.39, 0.29) is 0 Å². The van der Waals surface area contributed by atoms with Crippen LogP contribution in [0, 0.1) is 0 Å². The van der Waals surface area contributed by atoms with Crippen LogP contribution in [0.5, 0.6) is 0 Å². The minimum atomic E-state index is 0.510. The molecule has 3 nitrogen and oxygen atoms in total. The van der Waals surface area contributed by atoms with Crippen LogP contribution < -0.4 is 5.73 Å². The van der Waals surface area contributed by atoms with Crippen LogP contribution in [0.4, 0.5) is 5.82 Å². The Kier molecular flexibility index (Phi) is 3.83. The predicted molar refractivity (Wildman–Crippen MR) is 77.1 cm³/mol. The number of nitrogen functional groups attached to an aromatic ring is 1. The predicted octanol–water partition coefficient (Wildman–Crippen LogP) is 3.93. The molecular formula is C13H15Cl2N3. The molecule has 0 saturated heterocycles. The van der Waals surface area contributed by atoms with Crippen LogP contribution in [-0.4, -0.2) is 9.55 Å². The molecule has 0 fully saturated rings. The molecule has 2 N–H and O–H groups in total. The van der Waals surface area contributed by atoms with Gasteiger partial charge in [0.2, 0.25) is 0 Å². The first kappa shape index (κ1) is 13.2. The Morgan fingerprint density at radius 3 is 2.61 bits per heavy atom. The summed E-state index contributed by atoms with van der Waals surface area (Å²) in [5, 5.41) is 1.04. The Balaban J connectivity index is 2.50. The van der Waals surface area contributed by atoms with E-state index in [0.29, 0.717) is 15.9 Å². The Morgan fingerprint density at radius 1 is 1.28 bits per heavy atom. The lowest BCUT2D eigenvalue weighted by Crippen LogP contribution is -2.01. The summed E-state index contributed by atoms with van der Waals surface area (Å²) in [5.74, 6) is 1.63. The van der Waals surface area contributed by atoms with E-state index < -0.39 is 0 Å². The van der Waals surface area contributed by atoms with E-state index in [9.17, 15) is 0 Å². The molecule has 0 unspecified atom stereocenters. The largest absolute Gasteiger partial charge is 0.383 e. The van der Waals surface area contributed by atoms with Gasteiger partial charge in [0.25, 0.3) is 0 Å². The van der Waals surface area contributed by atoms with Crippen LogP contribution in [0.1, 0.15) is 19.2 Å². The van der Waals surface area contributed by atoms with Gasteiger partial charge in [-0.05, 0) is 18.6 Å². The summed E-state index contributed by atoms with van der Waals surface area (Å²) in [7, 11) is 1.92. The third-order valence-corrected chi connectivity index (χ3v) is 3.64. The molecule has 18 heavy (non-hydrogen) atoms. The van der Waals surface area contributed by atoms with Gasteiger partial charge in [0.05, 0.1) is 10.0 Å². The van der Waals surface area contributed by atoms with Gasteiger partial charge in [0, 0.05) is 19.0 Å². The molecule has 0 amide bonds. The lowest BCUT2D eigenvalue weighted by atomic mass is 10.1. The number of rotatable bonds is 3. The monoisotopic (exact) mass is 283 g/mol. The minimum absolute atomic E-state index is 0.510. The van der Waals surface area contributed by atoms with Crippen LogP contribution in [0.3, 0.4) is 0 Å². The molecular weight excluding hydrogens is 269 g/mol. The third-order valence-electron chi connectivity index (χ3n) is 2.90. The molecule has 5 heteroatoms. The molecule has 96 valence electrons. The number of hydrogen-bond donors (Lipinski definition) is 1. The van der Waals surface area contributed by atoms with Gasteiger partial charge in [-0.2, -0.15) is 0 Å². The zero-order chi connectivity index (χ0) is 13.3. The molecule has 0 aliphatic carbocycles. The number of halogens is 2. The fraction of sp³-hybridized carbons (Fsp3) is 0.308. The highest BCUT2D eigenvalue weighted by Crippen LogP contribution is 2.31. The van der Waals surface area contributed by atoms with E-state index in [2.05, 4.69) is 11.9 Å². The molecule has 0 atom stereocenters. The molecule has 0 radical (unpaired) electrons. The van der Waals surface area contributed by atoms with Gasteiger partial charge >= 0.3 is 0 Å². The molecule has 0 saturated carbocycles. The molecule has 1 aromatic heterocycles. The van der Waals surface area contributed by atoms with Crippen LogP contribution in [0.25, 0.3) is 11.3 Å². The Bertz CT molecular complexity index is 576. The lowest BCUT2D eigenvalue weighted by molar-refractivity contribution is 0.764. The number of nitrogens with zero attached hydrogens (tertiary/aromatic N) is 2. The number of anilines is 1. The number of benzene rings is 1. The fourth-order valence-corrected chi connectivity index (χ4v) is 2.16. The van der Waals surface area contributed by atoms with Gasteiger partial charge in [-0.1, -0.05) is 36.2 Å². The highest BCUT2D eigenvalue weighted by Gasteiger charge is 2.14. The third kappa shape index (κ3) is 2.33. The SMILES string of the molecule is CCCc1nc(-c2ccc(Cl)c(Cl)c2)c(N)n1C. The molecule has 2 aromatic rings. The van der Waals surface area contributed by atoms with E-state index in [1.54, 1.807) is 12.1 Å². The van der Waals surface area contributed by atoms with Crippen molar-refractivity contribution in [3.63, 3.8) is 0 Å². The van der Waals surface area contributed by atoms with Gasteiger partial charge in [-0.15, -0.1) is 0 Å². The summed E-state index contributed by atoms with van der Waals surface area (Å²) in [5.41, 5.74) is 7.73. The van der Waals surface area contributed by atoms with Crippen LogP contribution in [0.2, 0.25) is 10.0 Å². The highest BCUT2D eigenvalue weighted by atomic mass is 35.5. The highest BCUT2D eigenvalue weighted by molar-refractivity contribution is 6.42. The average molecular weight is 284 g/mol. The van der Waals surface area contributed by atoms with Gasteiger partial charge in [0.15, 0.2) is 0 Å². The molecule has 0 aliphatic heterocycles. The summed E-state index contributed by atoms with van der Waals surface area (Å²) in [6.07, 6.45) is 1.94. The van der Waals surface area contributed by atoms with Crippen molar-refractivity contribution in [2.45, 2.75) is 19.8 Å². The topological polar surface area (TPSA) is 43.8 Å². The standard InChI is InChI=1S/C13H15Cl2N3/c1-3-4-11-17-12(13(16)18(11)2)8-5-6-9(14)10(15)7-8/h5-7H,3-4,16H2,1-2H3. The summed E-state index contributed by atoms with van der Waals surface area (Å²) < 4.78 is 1.92. The fourth-order valence-electron chi connectivity index (χ4n) is 1.86. The number of nitrogens with two attached hydrogens (primary N) is 1.